The van der Waals surface area contributed by atoms with Crippen LogP contribution >= 0.6 is 0 Å². The van der Waals surface area contributed by atoms with Crippen molar-refractivity contribution >= 4 is 0 Å². The van der Waals surface area contributed by atoms with Crippen LogP contribution in [0.3, 0.4) is 0 Å². The molecule has 0 fully saturated rings. The first-order valence-electron chi connectivity index (χ1n) is 4.65. The molecule has 4 heteroatoms. The van der Waals surface area contributed by atoms with Crippen LogP contribution in [0, 0.1) is 0 Å². The van der Waals surface area contributed by atoms with E-state index in [0.717, 1.165) is 5.56 Å². The summed E-state index contributed by atoms with van der Waals surface area (Å²) in [4.78, 5) is 4.00. The third kappa shape index (κ3) is 3.06. The molecule has 0 aromatic carbocycles. The van der Waals surface area contributed by atoms with Crippen LogP contribution in [0.5, 0.6) is 0 Å². The largest absolute Gasteiger partial charge is 0.395 e. The van der Waals surface area contributed by atoms with Crippen molar-refractivity contribution in [2.24, 2.45) is 0 Å². The molecule has 0 aliphatic heterocycles. The second-order valence-electron chi connectivity index (χ2n) is 3.24. The van der Waals surface area contributed by atoms with Crippen LogP contribution in [0.1, 0.15) is 18.5 Å². The summed E-state index contributed by atoms with van der Waals surface area (Å²) in [5, 5.41) is 20.9. The van der Waals surface area contributed by atoms with E-state index in [1.54, 1.807) is 12.4 Å². The first kappa shape index (κ1) is 11.1. The molecule has 1 aromatic heterocycles. The van der Waals surface area contributed by atoms with Gasteiger partial charge < -0.3 is 15.5 Å². The van der Waals surface area contributed by atoms with Gasteiger partial charge in [-0.15, -0.1) is 0 Å². The van der Waals surface area contributed by atoms with Crippen LogP contribution in [-0.4, -0.2) is 34.5 Å². The van der Waals surface area contributed by atoms with Crippen molar-refractivity contribution in [2.75, 3.05) is 13.2 Å². The van der Waals surface area contributed by atoms with Crippen molar-refractivity contribution in [3.05, 3.63) is 30.1 Å². The Hall–Kier alpha value is -0.970. The quantitative estimate of drug-likeness (QED) is 0.624. The summed E-state index contributed by atoms with van der Waals surface area (Å²) in [6.07, 6.45) is 3.48. The van der Waals surface area contributed by atoms with E-state index in [-0.39, 0.29) is 25.3 Å². The number of pyridine rings is 1. The molecule has 0 aliphatic carbocycles. The zero-order valence-electron chi connectivity index (χ0n) is 8.22. The number of aromatic nitrogens is 1. The van der Waals surface area contributed by atoms with Crippen LogP contribution in [0.4, 0.5) is 0 Å². The SMILES string of the molecule is C[C@@H](NC(CO)CO)c1cccnc1. The van der Waals surface area contributed by atoms with Gasteiger partial charge in [-0.05, 0) is 18.6 Å². The Morgan fingerprint density at radius 1 is 1.43 bits per heavy atom. The summed E-state index contributed by atoms with van der Waals surface area (Å²) >= 11 is 0. The first-order chi connectivity index (χ1) is 6.77. The summed E-state index contributed by atoms with van der Waals surface area (Å²) in [5.74, 6) is 0. The predicted molar refractivity (Wildman–Crippen MR) is 53.7 cm³/mol. The summed E-state index contributed by atoms with van der Waals surface area (Å²) < 4.78 is 0. The number of aliphatic hydroxyl groups is 2. The van der Waals surface area contributed by atoms with E-state index < -0.39 is 0 Å². The van der Waals surface area contributed by atoms with E-state index in [1.807, 2.05) is 19.1 Å². The Labute approximate surface area is 83.6 Å². The molecular weight excluding hydrogens is 180 g/mol. The summed E-state index contributed by atoms with van der Waals surface area (Å²) in [6, 6.07) is 3.62. The lowest BCUT2D eigenvalue weighted by molar-refractivity contribution is 0.163. The van der Waals surface area contributed by atoms with E-state index in [0.29, 0.717) is 0 Å². The summed E-state index contributed by atoms with van der Waals surface area (Å²) in [5.41, 5.74) is 1.04. The van der Waals surface area contributed by atoms with Gasteiger partial charge in [0.1, 0.15) is 0 Å². The molecule has 1 rings (SSSR count). The number of hydrogen-bond donors (Lipinski definition) is 3. The van der Waals surface area contributed by atoms with Gasteiger partial charge in [0.15, 0.2) is 0 Å². The average molecular weight is 196 g/mol. The Bertz CT molecular complexity index is 250. The fraction of sp³-hybridized carbons (Fsp3) is 0.500. The Morgan fingerprint density at radius 2 is 2.14 bits per heavy atom. The molecule has 1 atom stereocenters. The molecular formula is C10H16N2O2. The highest BCUT2D eigenvalue weighted by molar-refractivity contribution is 5.12. The summed E-state index contributed by atoms with van der Waals surface area (Å²) in [6.45, 7) is 1.83. The predicted octanol–water partition coefficient (Wildman–Crippen LogP) is 0.0854. The molecule has 4 nitrogen and oxygen atoms in total. The molecule has 0 saturated heterocycles. The molecule has 0 aliphatic rings. The molecule has 0 saturated carbocycles. The van der Waals surface area contributed by atoms with Gasteiger partial charge in [0.05, 0.1) is 19.3 Å². The monoisotopic (exact) mass is 196 g/mol. The van der Waals surface area contributed by atoms with Crippen LogP contribution in [-0.2, 0) is 0 Å². The minimum absolute atomic E-state index is 0.0684. The van der Waals surface area contributed by atoms with Crippen molar-refractivity contribution in [1.82, 2.24) is 10.3 Å². The maximum Gasteiger partial charge on any atom is 0.0607 e. The maximum atomic E-state index is 8.88. The topological polar surface area (TPSA) is 65.4 Å². The number of nitrogens with one attached hydrogen (secondary N) is 1. The maximum absolute atomic E-state index is 8.88. The molecule has 14 heavy (non-hydrogen) atoms. The van der Waals surface area contributed by atoms with Crippen molar-refractivity contribution in [3.63, 3.8) is 0 Å². The van der Waals surface area contributed by atoms with Gasteiger partial charge in [-0.1, -0.05) is 6.07 Å². The van der Waals surface area contributed by atoms with E-state index >= 15 is 0 Å². The van der Waals surface area contributed by atoms with E-state index in [4.69, 9.17) is 10.2 Å². The second kappa shape index (κ2) is 5.70. The number of nitrogens with zero attached hydrogens (tertiary/aromatic N) is 1. The van der Waals surface area contributed by atoms with E-state index in [9.17, 15) is 0 Å². The molecule has 0 unspecified atom stereocenters. The Kier molecular flexibility index (Phi) is 4.52. The van der Waals surface area contributed by atoms with Gasteiger partial charge in [0, 0.05) is 18.4 Å². The van der Waals surface area contributed by atoms with Crippen molar-refractivity contribution in [3.8, 4) is 0 Å². The minimum Gasteiger partial charge on any atom is -0.395 e. The Balaban J connectivity index is 2.54. The van der Waals surface area contributed by atoms with E-state index in [1.165, 1.54) is 0 Å². The lowest BCUT2D eigenvalue weighted by Crippen LogP contribution is -2.37. The highest BCUT2D eigenvalue weighted by Gasteiger charge is 2.11. The molecule has 78 valence electrons. The lowest BCUT2D eigenvalue weighted by atomic mass is 10.1. The van der Waals surface area contributed by atoms with Crippen molar-refractivity contribution in [2.45, 2.75) is 19.0 Å². The molecule has 0 spiro atoms. The number of aliphatic hydroxyl groups excluding tert-OH is 2. The first-order valence-corrected chi connectivity index (χ1v) is 4.65. The normalized spacial score (nSPS) is 13.1. The highest BCUT2D eigenvalue weighted by Crippen LogP contribution is 2.10. The van der Waals surface area contributed by atoms with Crippen LogP contribution < -0.4 is 5.32 Å². The number of rotatable bonds is 5. The fourth-order valence-electron chi connectivity index (χ4n) is 1.25. The molecule has 1 heterocycles. The fourth-order valence-corrected chi connectivity index (χ4v) is 1.25. The zero-order chi connectivity index (χ0) is 10.4. The molecule has 1 aromatic rings. The van der Waals surface area contributed by atoms with Crippen molar-refractivity contribution in [1.29, 1.82) is 0 Å². The van der Waals surface area contributed by atoms with Gasteiger partial charge >= 0.3 is 0 Å². The van der Waals surface area contributed by atoms with Crippen LogP contribution in [0.15, 0.2) is 24.5 Å². The van der Waals surface area contributed by atoms with Crippen LogP contribution in [0.2, 0.25) is 0 Å². The minimum atomic E-state index is -0.273. The zero-order valence-corrected chi connectivity index (χ0v) is 8.22. The smallest absolute Gasteiger partial charge is 0.0607 e. The third-order valence-corrected chi connectivity index (χ3v) is 2.11. The van der Waals surface area contributed by atoms with Gasteiger partial charge in [-0.3, -0.25) is 4.98 Å². The Morgan fingerprint density at radius 3 is 2.64 bits per heavy atom. The molecule has 0 bridgehead atoms. The van der Waals surface area contributed by atoms with Crippen molar-refractivity contribution < 1.29 is 10.2 Å². The van der Waals surface area contributed by atoms with Gasteiger partial charge in [0.2, 0.25) is 0 Å². The second-order valence-corrected chi connectivity index (χ2v) is 3.24. The average Bonchev–Trinajstić information content (AvgIpc) is 2.26. The van der Waals surface area contributed by atoms with Gasteiger partial charge in [0.25, 0.3) is 0 Å². The van der Waals surface area contributed by atoms with Crippen LogP contribution in [0.25, 0.3) is 0 Å². The van der Waals surface area contributed by atoms with Gasteiger partial charge in [-0.2, -0.15) is 0 Å². The standard InChI is InChI=1S/C10H16N2O2/c1-8(12-10(6-13)7-14)9-3-2-4-11-5-9/h2-5,8,10,12-14H,6-7H2,1H3/t8-/m1/s1. The summed E-state index contributed by atoms with van der Waals surface area (Å²) in [7, 11) is 0. The lowest BCUT2D eigenvalue weighted by Gasteiger charge is -2.19. The molecule has 0 radical (unpaired) electrons. The number of hydrogen-bond acceptors (Lipinski definition) is 4. The van der Waals surface area contributed by atoms with Gasteiger partial charge in [-0.25, -0.2) is 0 Å². The van der Waals surface area contributed by atoms with E-state index in [2.05, 4.69) is 10.3 Å². The third-order valence-electron chi connectivity index (χ3n) is 2.11. The highest BCUT2D eigenvalue weighted by atomic mass is 16.3. The molecule has 3 N–H and O–H groups in total. The molecule has 0 amide bonds.